The zero-order chi connectivity index (χ0) is 17.1. The highest BCUT2D eigenvalue weighted by Gasteiger charge is 2.22. The molecule has 0 saturated heterocycles. The summed E-state index contributed by atoms with van der Waals surface area (Å²) in [5, 5.41) is 4.84. The normalized spacial score (nSPS) is 13.2. The molecule has 4 rings (SSSR count). The molecule has 1 aromatic carbocycles. The van der Waals surface area contributed by atoms with E-state index >= 15 is 0 Å². The molecule has 128 valence electrons. The van der Waals surface area contributed by atoms with Gasteiger partial charge in [0.25, 0.3) is 0 Å². The quantitative estimate of drug-likeness (QED) is 0.617. The summed E-state index contributed by atoms with van der Waals surface area (Å²) in [6.07, 6.45) is 8.11. The number of nitrogens with zero attached hydrogens (tertiary/aromatic N) is 3. The third kappa shape index (κ3) is 3.61. The van der Waals surface area contributed by atoms with Crippen molar-refractivity contribution >= 4 is 11.8 Å². The van der Waals surface area contributed by atoms with Gasteiger partial charge in [-0.25, -0.2) is 9.07 Å². The topological polar surface area (TPSA) is 30.7 Å². The molecule has 3 aromatic rings. The molecule has 0 atom stereocenters. The van der Waals surface area contributed by atoms with E-state index in [0.717, 1.165) is 36.5 Å². The number of thioether (sulfide) groups is 1. The summed E-state index contributed by atoms with van der Waals surface area (Å²) in [6, 6.07) is 10.7. The Hall–Kier alpha value is -2.14. The van der Waals surface area contributed by atoms with Crippen molar-refractivity contribution in [2.75, 3.05) is 5.75 Å². The van der Waals surface area contributed by atoms with Crippen LogP contribution in [0.25, 0.3) is 5.69 Å². The second kappa shape index (κ2) is 7.40. The van der Waals surface area contributed by atoms with Gasteiger partial charge in [-0.15, -0.1) is 0 Å². The van der Waals surface area contributed by atoms with Crippen LogP contribution >= 0.6 is 11.8 Å². The van der Waals surface area contributed by atoms with Gasteiger partial charge in [0.1, 0.15) is 5.82 Å². The fourth-order valence-corrected chi connectivity index (χ4v) is 4.28. The van der Waals surface area contributed by atoms with Crippen LogP contribution in [0.2, 0.25) is 0 Å². The molecule has 2 heterocycles. The minimum absolute atomic E-state index is 0.210. The SMILES string of the molecule is Fc1ccc(-n2nc(CSCCc3cccnc3)c3c2CCC3)cc1. The van der Waals surface area contributed by atoms with E-state index in [2.05, 4.69) is 11.1 Å². The van der Waals surface area contributed by atoms with Gasteiger partial charge in [-0.1, -0.05) is 6.07 Å². The summed E-state index contributed by atoms with van der Waals surface area (Å²) in [5.41, 5.74) is 6.11. The Morgan fingerprint density at radius 1 is 1.12 bits per heavy atom. The first-order valence-corrected chi connectivity index (χ1v) is 9.79. The van der Waals surface area contributed by atoms with Crippen molar-refractivity contribution in [3.63, 3.8) is 0 Å². The van der Waals surface area contributed by atoms with Crippen LogP contribution in [0.3, 0.4) is 0 Å². The monoisotopic (exact) mass is 353 g/mol. The Balaban J connectivity index is 1.45. The molecule has 0 aliphatic heterocycles. The molecule has 0 spiro atoms. The van der Waals surface area contributed by atoms with Crippen LogP contribution in [0.1, 0.15) is 28.9 Å². The lowest BCUT2D eigenvalue weighted by Gasteiger charge is -2.05. The number of pyridine rings is 1. The van der Waals surface area contributed by atoms with Crippen LogP contribution in [0, 0.1) is 5.82 Å². The molecule has 25 heavy (non-hydrogen) atoms. The molecule has 0 N–H and O–H groups in total. The van der Waals surface area contributed by atoms with Crippen molar-refractivity contribution in [2.45, 2.75) is 31.4 Å². The Kier molecular flexibility index (Phi) is 4.83. The van der Waals surface area contributed by atoms with E-state index in [1.165, 1.54) is 41.1 Å². The minimum Gasteiger partial charge on any atom is -0.264 e. The number of benzene rings is 1. The molecule has 5 heteroatoms. The molecule has 1 aliphatic rings. The second-order valence-electron chi connectivity index (χ2n) is 6.28. The number of hydrogen-bond donors (Lipinski definition) is 0. The van der Waals surface area contributed by atoms with Crippen molar-refractivity contribution in [3.8, 4) is 5.69 Å². The van der Waals surface area contributed by atoms with Crippen LogP contribution in [0.5, 0.6) is 0 Å². The summed E-state index contributed by atoms with van der Waals surface area (Å²) >= 11 is 1.91. The van der Waals surface area contributed by atoms with E-state index in [4.69, 9.17) is 5.10 Å². The maximum absolute atomic E-state index is 13.2. The van der Waals surface area contributed by atoms with Crippen molar-refractivity contribution in [1.29, 1.82) is 0 Å². The maximum atomic E-state index is 13.2. The highest BCUT2D eigenvalue weighted by molar-refractivity contribution is 7.98. The molecular formula is C20H20FN3S. The van der Waals surface area contributed by atoms with Crippen molar-refractivity contribution in [2.24, 2.45) is 0 Å². The average Bonchev–Trinajstić information content (AvgIpc) is 3.24. The van der Waals surface area contributed by atoms with Crippen LogP contribution in [-0.4, -0.2) is 20.5 Å². The van der Waals surface area contributed by atoms with Gasteiger partial charge in [0.05, 0.1) is 11.4 Å². The number of fused-ring (bicyclic) bond motifs is 1. The summed E-state index contributed by atoms with van der Waals surface area (Å²) in [6.45, 7) is 0. The zero-order valence-electron chi connectivity index (χ0n) is 14.0. The molecule has 0 saturated carbocycles. The fraction of sp³-hybridized carbons (Fsp3) is 0.300. The van der Waals surface area contributed by atoms with E-state index in [0.29, 0.717) is 0 Å². The van der Waals surface area contributed by atoms with Gasteiger partial charge >= 0.3 is 0 Å². The Labute approximate surface area is 151 Å². The third-order valence-electron chi connectivity index (χ3n) is 4.58. The Bertz CT molecular complexity index is 843. The van der Waals surface area contributed by atoms with Gasteiger partial charge in [-0.3, -0.25) is 4.98 Å². The van der Waals surface area contributed by atoms with Crippen molar-refractivity contribution < 1.29 is 4.39 Å². The summed E-state index contributed by atoms with van der Waals surface area (Å²) < 4.78 is 15.2. The van der Waals surface area contributed by atoms with Gasteiger partial charge in [-0.05, 0) is 72.9 Å². The molecule has 0 amide bonds. The summed E-state index contributed by atoms with van der Waals surface area (Å²) in [7, 11) is 0. The lowest BCUT2D eigenvalue weighted by molar-refractivity contribution is 0.626. The lowest BCUT2D eigenvalue weighted by Crippen LogP contribution is -2.01. The van der Waals surface area contributed by atoms with Gasteiger partial charge in [0.2, 0.25) is 0 Å². The number of aromatic nitrogens is 3. The second-order valence-corrected chi connectivity index (χ2v) is 7.38. The van der Waals surface area contributed by atoms with Crippen LogP contribution in [0.15, 0.2) is 48.8 Å². The minimum atomic E-state index is -0.210. The van der Waals surface area contributed by atoms with Gasteiger partial charge in [-0.2, -0.15) is 16.9 Å². The van der Waals surface area contributed by atoms with Gasteiger partial charge in [0.15, 0.2) is 0 Å². The standard InChI is InChI=1S/C20H20FN3S/c21-16-6-8-17(9-7-16)24-20-5-1-4-18(20)19(23-24)14-25-12-10-15-3-2-11-22-13-15/h2-3,6-9,11,13H,1,4-5,10,12,14H2. The Morgan fingerprint density at radius 3 is 2.80 bits per heavy atom. The molecule has 0 fully saturated rings. The molecular weight excluding hydrogens is 333 g/mol. The summed E-state index contributed by atoms with van der Waals surface area (Å²) in [4.78, 5) is 4.16. The molecule has 1 aliphatic carbocycles. The first-order valence-electron chi connectivity index (χ1n) is 8.63. The smallest absolute Gasteiger partial charge is 0.123 e. The fourth-order valence-electron chi connectivity index (χ4n) is 3.33. The number of aryl methyl sites for hydroxylation is 1. The maximum Gasteiger partial charge on any atom is 0.123 e. The average molecular weight is 353 g/mol. The molecule has 0 bridgehead atoms. The largest absolute Gasteiger partial charge is 0.264 e. The van der Waals surface area contributed by atoms with Crippen molar-refractivity contribution in [1.82, 2.24) is 14.8 Å². The Morgan fingerprint density at radius 2 is 2.00 bits per heavy atom. The van der Waals surface area contributed by atoms with Crippen LogP contribution in [0.4, 0.5) is 4.39 Å². The first kappa shape index (κ1) is 16.3. The summed E-state index contributed by atoms with van der Waals surface area (Å²) in [5.74, 6) is 1.78. The molecule has 2 aromatic heterocycles. The highest BCUT2D eigenvalue weighted by Crippen LogP contribution is 2.30. The predicted molar refractivity (Wildman–Crippen MR) is 99.7 cm³/mol. The molecule has 0 radical (unpaired) electrons. The first-order chi connectivity index (χ1) is 12.3. The predicted octanol–water partition coefficient (Wildman–Crippen LogP) is 4.37. The van der Waals surface area contributed by atoms with Gasteiger partial charge < -0.3 is 0 Å². The molecule has 3 nitrogen and oxygen atoms in total. The van der Waals surface area contributed by atoms with E-state index in [1.807, 2.05) is 34.9 Å². The lowest BCUT2D eigenvalue weighted by atomic mass is 10.2. The molecule has 0 unspecified atom stereocenters. The van der Waals surface area contributed by atoms with E-state index in [1.54, 1.807) is 12.1 Å². The number of rotatable bonds is 6. The van der Waals surface area contributed by atoms with Gasteiger partial charge in [0, 0.05) is 23.8 Å². The van der Waals surface area contributed by atoms with E-state index in [-0.39, 0.29) is 5.82 Å². The third-order valence-corrected chi connectivity index (χ3v) is 5.55. The van der Waals surface area contributed by atoms with Crippen LogP contribution in [-0.2, 0) is 25.0 Å². The van der Waals surface area contributed by atoms with Crippen molar-refractivity contribution in [3.05, 3.63) is 77.1 Å². The highest BCUT2D eigenvalue weighted by atomic mass is 32.2. The van der Waals surface area contributed by atoms with E-state index < -0.39 is 0 Å². The number of hydrogen-bond acceptors (Lipinski definition) is 3. The van der Waals surface area contributed by atoms with Crippen LogP contribution < -0.4 is 0 Å². The van der Waals surface area contributed by atoms with E-state index in [9.17, 15) is 4.39 Å². The zero-order valence-corrected chi connectivity index (χ0v) is 14.8. The number of halogens is 1.